The average molecular weight is 379 g/mol. The van der Waals surface area contributed by atoms with Crippen LogP contribution in [-0.4, -0.2) is 25.6 Å². The fourth-order valence-electron chi connectivity index (χ4n) is 3.07. The average Bonchev–Trinajstić information content (AvgIpc) is 3.45. The minimum atomic E-state index is -0.429. The third-order valence-corrected chi connectivity index (χ3v) is 4.63. The highest BCUT2D eigenvalue weighted by Crippen LogP contribution is 2.26. The van der Waals surface area contributed by atoms with Crippen molar-refractivity contribution in [2.45, 2.75) is 33.4 Å². The van der Waals surface area contributed by atoms with Crippen molar-refractivity contribution in [2.75, 3.05) is 0 Å². The Hall–Kier alpha value is -3.42. The SMILES string of the molecule is CCn1cnc2cc(-c3noc([C@@H](NC(=O)c4ccco4)C(C)C)n3)ccc21. The van der Waals surface area contributed by atoms with E-state index in [1.165, 1.54) is 6.26 Å². The van der Waals surface area contributed by atoms with Crippen LogP contribution in [0.1, 0.15) is 43.3 Å². The molecule has 144 valence electrons. The van der Waals surface area contributed by atoms with Gasteiger partial charge in [0.2, 0.25) is 11.7 Å². The van der Waals surface area contributed by atoms with Crippen molar-refractivity contribution in [3.63, 3.8) is 0 Å². The number of nitrogens with zero attached hydrogens (tertiary/aromatic N) is 4. The summed E-state index contributed by atoms with van der Waals surface area (Å²) in [4.78, 5) is 21.3. The number of benzene rings is 1. The topological polar surface area (TPSA) is 99.0 Å². The number of aromatic nitrogens is 4. The second kappa shape index (κ2) is 7.30. The van der Waals surface area contributed by atoms with Gasteiger partial charge < -0.3 is 18.8 Å². The zero-order valence-corrected chi connectivity index (χ0v) is 15.9. The predicted octanol–water partition coefficient (Wildman–Crippen LogP) is 3.83. The smallest absolute Gasteiger partial charge is 0.287 e. The summed E-state index contributed by atoms with van der Waals surface area (Å²) < 4.78 is 12.7. The fraction of sp³-hybridized carbons (Fsp3) is 0.300. The second-order valence-corrected chi connectivity index (χ2v) is 6.86. The molecule has 3 aromatic heterocycles. The van der Waals surface area contributed by atoms with Gasteiger partial charge >= 0.3 is 0 Å². The van der Waals surface area contributed by atoms with Gasteiger partial charge in [-0.1, -0.05) is 19.0 Å². The number of imidazole rings is 1. The van der Waals surface area contributed by atoms with Crippen molar-refractivity contribution < 1.29 is 13.7 Å². The standard InChI is InChI=1S/C20H21N5O3/c1-4-25-11-21-14-10-13(7-8-15(14)25)18-23-20(28-24-18)17(12(2)3)22-19(26)16-6-5-9-27-16/h5-12,17H,4H2,1-3H3,(H,22,26)/t17-/m0/s1. The molecule has 0 aliphatic rings. The summed E-state index contributed by atoms with van der Waals surface area (Å²) in [5.41, 5.74) is 2.74. The number of nitrogens with one attached hydrogen (secondary N) is 1. The normalized spacial score (nSPS) is 12.6. The Labute approximate surface area is 161 Å². The van der Waals surface area contributed by atoms with E-state index in [1.54, 1.807) is 12.1 Å². The highest BCUT2D eigenvalue weighted by molar-refractivity contribution is 5.91. The Balaban J connectivity index is 1.60. The van der Waals surface area contributed by atoms with E-state index in [0.29, 0.717) is 11.7 Å². The number of hydrogen-bond acceptors (Lipinski definition) is 6. The fourth-order valence-corrected chi connectivity index (χ4v) is 3.07. The Morgan fingerprint density at radius 3 is 2.86 bits per heavy atom. The van der Waals surface area contributed by atoms with Gasteiger partial charge in [-0.05, 0) is 43.2 Å². The first-order valence-corrected chi connectivity index (χ1v) is 9.20. The van der Waals surface area contributed by atoms with Crippen molar-refractivity contribution in [3.05, 3.63) is 54.6 Å². The summed E-state index contributed by atoms with van der Waals surface area (Å²) >= 11 is 0. The number of hydrogen-bond donors (Lipinski definition) is 1. The molecule has 0 radical (unpaired) electrons. The molecular formula is C20H21N5O3. The molecule has 1 amide bonds. The van der Waals surface area contributed by atoms with Gasteiger partial charge in [0.25, 0.3) is 5.91 Å². The van der Waals surface area contributed by atoms with Gasteiger partial charge in [0.15, 0.2) is 5.76 Å². The van der Waals surface area contributed by atoms with E-state index in [9.17, 15) is 4.79 Å². The van der Waals surface area contributed by atoms with Crippen LogP contribution >= 0.6 is 0 Å². The van der Waals surface area contributed by atoms with E-state index in [-0.39, 0.29) is 17.6 Å². The number of aryl methyl sites for hydroxylation is 1. The number of carbonyl (C=O) groups excluding carboxylic acids is 1. The molecule has 0 aliphatic carbocycles. The maximum Gasteiger partial charge on any atom is 0.287 e. The van der Waals surface area contributed by atoms with Gasteiger partial charge in [0, 0.05) is 12.1 Å². The molecule has 1 N–H and O–H groups in total. The van der Waals surface area contributed by atoms with E-state index >= 15 is 0 Å². The van der Waals surface area contributed by atoms with Crippen LogP contribution in [0.5, 0.6) is 0 Å². The van der Waals surface area contributed by atoms with E-state index in [1.807, 2.05) is 38.4 Å². The van der Waals surface area contributed by atoms with Crippen molar-refractivity contribution in [1.29, 1.82) is 0 Å². The molecule has 0 fully saturated rings. The number of furan rings is 1. The summed E-state index contributed by atoms with van der Waals surface area (Å²) in [6.45, 7) is 6.87. The molecule has 1 aromatic carbocycles. The van der Waals surface area contributed by atoms with Crippen molar-refractivity contribution in [2.24, 2.45) is 5.92 Å². The first kappa shape index (κ1) is 18.0. The lowest BCUT2D eigenvalue weighted by atomic mass is 10.0. The van der Waals surface area contributed by atoms with Crippen LogP contribution in [0.25, 0.3) is 22.4 Å². The lowest BCUT2D eigenvalue weighted by Gasteiger charge is -2.17. The summed E-state index contributed by atoms with van der Waals surface area (Å²) in [6.07, 6.45) is 3.27. The highest BCUT2D eigenvalue weighted by atomic mass is 16.5. The number of carbonyl (C=O) groups is 1. The predicted molar refractivity (Wildman–Crippen MR) is 102 cm³/mol. The molecule has 0 unspecified atom stereocenters. The van der Waals surface area contributed by atoms with Crippen molar-refractivity contribution >= 4 is 16.9 Å². The van der Waals surface area contributed by atoms with Crippen LogP contribution in [0.4, 0.5) is 0 Å². The zero-order chi connectivity index (χ0) is 19.7. The molecule has 0 bridgehead atoms. The van der Waals surface area contributed by atoms with Crippen LogP contribution in [-0.2, 0) is 6.54 Å². The molecule has 0 aliphatic heterocycles. The zero-order valence-electron chi connectivity index (χ0n) is 15.9. The molecule has 8 nitrogen and oxygen atoms in total. The molecule has 0 saturated heterocycles. The molecule has 28 heavy (non-hydrogen) atoms. The molecule has 0 spiro atoms. The van der Waals surface area contributed by atoms with Gasteiger partial charge in [-0.3, -0.25) is 4.79 Å². The second-order valence-electron chi connectivity index (χ2n) is 6.86. The Morgan fingerprint density at radius 2 is 2.14 bits per heavy atom. The van der Waals surface area contributed by atoms with Crippen LogP contribution in [0.15, 0.2) is 51.9 Å². The molecule has 8 heteroatoms. The molecular weight excluding hydrogens is 358 g/mol. The van der Waals surface area contributed by atoms with Gasteiger partial charge in [-0.15, -0.1) is 0 Å². The van der Waals surface area contributed by atoms with Gasteiger partial charge in [0.1, 0.15) is 6.04 Å². The summed E-state index contributed by atoms with van der Waals surface area (Å²) in [5, 5.41) is 6.99. The third kappa shape index (κ3) is 3.28. The van der Waals surface area contributed by atoms with Crippen LogP contribution in [0.3, 0.4) is 0 Å². The van der Waals surface area contributed by atoms with Crippen molar-refractivity contribution in [3.8, 4) is 11.4 Å². The monoisotopic (exact) mass is 379 g/mol. The maximum absolute atomic E-state index is 12.3. The number of rotatable bonds is 6. The van der Waals surface area contributed by atoms with Gasteiger partial charge in [-0.25, -0.2) is 4.98 Å². The molecule has 1 atom stereocenters. The van der Waals surface area contributed by atoms with Crippen LogP contribution in [0.2, 0.25) is 0 Å². The highest BCUT2D eigenvalue weighted by Gasteiger charge is 2.26. The number of fused-ring (bicyclic) bond motifs is 1. The minimum Gasteiger partial charge on any atom is -0.459 e. The van der Waals surface area contributed by atoms with Crippen molar-refractivity contribution in [1.82, 2.24) is 25.0 Å². The van der Waals surface area contributed by atoms with Gasteiger partial charge in [-0.2, -0.15) is 4.98 Å². The quantitative estimate of drug-likeness (QED) is 0.547. The summed E-state index contributed by atoms with van der Waals surface area (Å²) in [5.74, 6) is 0.775. The molecule has 4 rings (SSSR count). The third-order valence-electron chi connectivity index (χ3n) is 4.63. The lowest BCUT2D eigenvalue weighted by Crippen LogP contribution is -2.31. The van der Waals surface area contributed by atoms with E-state index in [0.717, 1.165) is 23.1 Å². The first-order chi connectivity index (χ1) is 13.6. The summed E-state index contributed by atoms with van der Waals surface area (Å²) in [7, 11) is 0. The first-order valence-electron chi connectivity index (χ1n) is 9.20. The Kier molecular flexibility index (Phi) is 4.68. The molecule has 4 aromatic rings. The van der Waals surface area contributed by atoms with Gasteiger partial charge in [0.05, 0.1) is 23.6 Å². The lowest BCUT2D eigenvalue weighted by molar-refractivity contribution is 0.0885. The van der Waals surface area contributed by atoms with E-state index < -0.39 is 6.04 Å². The van der Waals surface area contributed by atoms with E-state index in [2.05, 4.69) is 31.9 Å². The van der Waals surface area contributed by atoms with Crippen LogP contribution < -0.4 is 5.32 Å². The molecule has 0 saturated carbocycles. The summed E-state index contributed by atoms with van der Waals surface area (Å²) in [6, 6.07) is 8.72. The van der Waals surface area contributed by atoms with Crippen LogP contribution in [0, 0.1) is 5.92 Å². The largest absolute Gasteiger partial charge is 0.459 e. The molecule has 3 heterocycles. The maximum atomic E-state index is 12.3. The number of amides is 1. The Morgan fingerprint density at radius 1 is 1.29 bits per heavy atom. The Bertz CT molecular complexity index is 1090. The minimum absolute atomic E-state index is 0.0509. The van der Waals surface area contributed by atoms with E-state index in [4.69, 9.17) is 8.94 Å².